The molecule has 2 heterocycles. The lowest BCUT2D eigenvalue weighted by atomic mass is 10.1. The van der Waals surface area contributed by atoms with Gasteiger partial charge in [0, 0.05) is 18.7 Å². The summed E-state index contributed by atoms with van der Waals surface area (Å²) in [5.74, 6) is 0.864. The van der Waals surface area contributed by atoms with Crippen LogP contribution >= 0.6 is 0 Å². The number of nitrogens with zero attached hydrogens (tertiary/aromatic N) is 2. The molecule has 1 aromatic rings. The van der Waals surface area contributed by atoms with Gasteiger partial charge in [0.1, 0.15) is 11.6 Å². The Morgan fingerprint density at radius 3 is 3.25 bits per heavy atom. The molecule has 0 radical (unpaired) electrons. The first-order chi connectivity index (χ1) is 7.81. The second-order valence-electron chi connectivity index (χ2n) is 3.96. The molecule has 4 heteroatoms. The van der Waals surface area contributed by atoms with Crippen molar-refractivity contribution in [3.63, 3.8) is 0 Å². The van der Waals surface area contributed by atoms with Gasteiger partial charge in [0.25, 0.3) is 0 Å². The lowest BCUT2D eigenvalue weighted by Crippen LogP contribution is -2.13. The maximum absolute atomic E-state index is 9.00. The van der Waals surface area contributed by atoms with Crippen LogP contribution in [0.15, 0.2) is 12.3 Å². The van der Waals surface area contributed by atoms with Crippen molar-refractivity contribution >= 4 is 0 Å². The summed E-state index contributed by atoms with van der Waals surface area (Å²) in [7, 11) is 0. The fourth-order valence-electron chi connectivity index (χ4n) is 1.69. The van der Waals surface area contributed by atoms with E-state index in [1.165, 1.54) is 0 Å². The number of aromatic nitrogens is 1. The van der Waals surface area contributed by atoms with Crippen molar-refractivity contribution in [1.82, 2.24) is 4.98 Å². The van der Waals surface area contributed by atoms with Gasteiger partial charge in [-0.05, 0) is 25.0 Å². The summed E-state index contributed by atoms with van der Waals surface area (Å²) in [5.41, 5.74) is 1.43. The Bertz CT molecular complexity index is 406. The lowest BCUT2D eigenvalue weighted by Gasteiger charge is -2.11. The Labute approximate surface area is 94.8 Å². The molecule has 1 aromatic heterocycles. The molecule has 0 bridgehead atoms. The van der Waals surface area contributed by atoms with Gasteiger partial charge in [-0.15, -0.1) is 0 Å². The fourth-order valence-corrected chi connectivity index (χ4v) is 1.69. The third-order valence-corrected chi connectivity index (χ3v) is 2.72. The number of nitriles is 1. The highest BCUT2D eigenvalue weighted by atomic mass is 16.5. The molecule has 0 spiro atoms. The van der Waals surface area contributed by atoms with Crippen molar-refractivity contribution in [1.29, 1.82) is 5.26 Å². The summed E-state index contributed by atoms with van der Waals surface area (Å²) in [6.07, 6.45) is 2.68. The maximum Gasteiger partial charge on any atom is 0.231 e. The molecule has 1 aliphatic rings. The second-order valence-corrected chi connectivity index (χ2v) is 3.96. The van der Waals surface area contributed by atoms with E-state index in [2.05, 4.69) is 11.1 Å². The molecule has 0 saturated carbocycles. The molecule has 0 amide bonds. The van der Waals surface area contributed by atoms with Crippen LogP contribution in [0.1, 0.15) is 17.5 Å². The smallest absolute Gasteiger partial charge is 0.231 e. The molecule has 16 heavy (non-hydrogen) atoms. The Hall–Kier alpha value is -1.60. The van der Waals surface area contributed by atoms with E-state index < -0.39 is 0 Å². The summed E-state index contributed by atoms with van der Waals surface area (Å²) < 4.78 is 10.8. The molecule has 84 valence electrons. The topological polar surface area (TPSA) is 55.1 Å². The van der Waals surface area contributed by atoms with Crippen LogP contribution in [0.4, 0.5) is 0 Å². The minimum Gasteiger partial charge on any atom is -0.476 e. The van der Waals surface area contributed by atoms with Crippen molar-refractivity contribution < 1.29 is 9.47 Å². The van der Waals surface area contributed by atoms with Gasteiger partial charge in [0.15, 0.2) is 0 Å². The number of rotatable bonds is 3. The highest BCUT2D eigenvalue weighted by Crippen LogP contribution is 2.20. The van der Waals surface area contributed by atoms with Gasteiger partial charge in [-0.2, -0.15) is 5.26 Å². The fraction of sp³-hybridized carbons (Fsp3) is 0.500. The molecule has 0 N–H and O–H groups in total. The summed E-state index contributed by atoms with van der Waals surface area (Å²) in [6, 6.07) is 3.93. The van der Waals surface area contributed by atoms with Gasteiger partial charge < -0.3 is 9.47 Å². The summed E-state index contributed by atoms with van der Waals surface area (Å²) >= 11 is 0. The zero-order chi connectivity index (χ0) is 11.4. The van der Waals surface area contributed by atoms with E-state index >= 15 is 0 Å². The highest BCUT2D eigenvalue weighted by molar-refractivity contribution is 5.43. The molecule has 0 aromatic carbocycles. The van der Waals surface area contributed by atoms with Crippen molar-refractivity contribution in [3.05, 3.63) is 23.4 Å². The minimum absolute atomic E-state index is 0.425. The van der Waals surface area contributed by atoms with Crippen LogP contribution in [0.3, 0.4) is 0 Å². The molecular formula is C12H14N2O2. The van der Waals surface area contributed by atoms with Gasteiger partial charge in [-0.3, -0.25) is 0 Å². The van der Waals surface area contributed by atoms with Crippen molar-refractivity contribution in [2.24, 2.45) is 5.92 Å². The Balaban J connectivity index is 2.03. The highest BCUT2D eigenvalue weighted by Gasteiger charge is 2.17. The molecule has 1 aliphatic heterocycles. The first-order valence-electron chi connectivity index (χ1n) is 5.37. The predicted molar refractivity (Wildman–Crippen MR) is 58.1 cm³/mol. The van der Waals surface area contributed by atoms with E-state index in [9.17, 15) is 0 Å². The third kappa shape index (κ3) is 2.31. The van der Waals surface area contributed by atoms with E-state index in [1.54, 1.807) is 6.20 Å². The zero-order valence-corrected chi connectivity index (χ0v) is 9.27. The lowest BCUT2D eigenvalue weighted by molar-refractivity contribution is 0.165. The minimum atomic E-state index is 0.425. The number of ether oxygens (including phenoxy) is 2. The number of pyridine rings is 1. The number of hydrogen-bond acceptors (Lipinski definition) is 4. The summed E-state index contributed by atoms with van der Waals surface area (Å²) in [6.45, 7) is 4.00. The van der Waals surface area contributed by atoms with Crippen molar-refractivity contribution in [2.45, 2.75) is 13.3 Å². The zero-order valence-electron chi connectivity index (χ0n) is 9.27. The van der Waals surface area contributed by atoms with Gasteiger partial charge >= 0.3 is 0 Å². The van der Waals surface area contributed by atoms with E-state index in [-0.39, 0.29) is 0 Å². The molecule has 0 aliphatic carbocycles. The van der Waals surface area contributed by atoms with Crippen LogP contribution in [0, 0.1) is 24.2 Å². The first kappa shape index (κ1) is 10.9. The normalized spacial score (nSPS) is 19.4. The standard InChI is InChI=1S/C12H14N2O2/c1-9-2-4-14-12(11(9)6-13)16-8-10-3-5-15-7-10/h2,4,10H,3,5,7-8H2,1H3. The van der Waals surface area contributed by atoms with Crippen molar-refractivity contribution in [3.8, 4) is 11.9 Å². The molecule has 4 nitrogen and oxygen atoms in total. The van der Waals surface area contributed by atoms with Crippen LogP contribution in [-0.2, 0) is 4.74 Å². The predicted octanol–water partition coefficient (Wildman–Crippen LogP) is 1.68. The maximum atomic E-state index is 9.00. The number of aryl methyl sites for hydroxylation is 1. The van der Waals surface area contributed by atoms with Crippen molar-refractivity contribution in [2.75, 3.05) is 19.8 Å². The van der Waals surface area contributed by atoms with Gasteiger partial charge in [0.05, 0.1) is 13.2 Å². The SMILES string of the molecule is Cc1ccnc(OCC2CCOC2)c1C#N. The first-order valence-corrected chi connectivity index (χ1v) is 5.37. The Morgan fingerprint density at radius 2 is 2.56 bits per heavy atom. The monoisotopic (exact) mass is 218 g/mol. The average Bonchev–Trinajstić information content (AvgIpc) is 2.79. The molecule has 1 atom stereocenters. The van der Waals surface area contributed by atoms with E-state index in [1.807, 2.05) is 13.0 Å². The van der Waals surface area contributed by atoms with Crippen LogP contribution in [-0.4, -0.2) is 24.8 Å². The summed E-state index contributed by atoms with van der Waals surface area (Å²) in [4.78, 5) is 4.09. The van der Waals surface area contributed by atoms with E-state index in [4.69, 9.17) is 14.7 Å². The molecule has 1 saturated heterocycles. The van der Waals surface area contributed by atoms with Gasteiger partial charge in [0.2, 0.25) is 5.88 Å². The third-order valence-electron chi connectivity index (χ3n) is 2.72. The molecular weight excluding hydrogens is 204 g/mol. The van der Waals surface area contributed by atoms with Crippen LogP contribution in [0.2, 0.25) is 0 Å². The molecule has 2 rings (SSSR count). The Kier molecular flexibility index (Phi) is 3.37. The van der Waals surface area contributed by atoms with Crippen LogP contribution < -0.4 is 4.74 Å². The van der Waals surface area contributed by atoms with Gasteiger partial charge in [-0.1, -0.05) is 0 Å². The Morgan fingerprint density at radius 1 is 1.69 bits per heavy atom. The average molecular weight is 218 g/mol. The van der Waals surface area contributed by atoms with Gasteiger partial charge in [-0.25, -0.2) is 4.98 Å². The molecule has 1 fully saturated rings. The second kappa shape index (κ2) is 4.95. The summed E-state index contributed by atoms with van der Waals surface area (Å²) in [5, 5.41) is 9.00. The number of hydrogen-bond donors (Lipinski definition) is 0. The van der Waals surface area contributed by atoms with Crippen LogP contribution in [0.25, 0.3) is 0 Å². The van der Waals surface area contributed by atoms with E-state index in [0.29, 0.717) is 24.0 Å². The quantitative estimate of drug-likeness (QED) is 0.774. The molecule has 1 unspecified atom stereocenters. The largest absolute Gasteiger partial charge is 0.476 e. The van der Waals surface area contributed by atoms with E-state index in [0.717, 1.165) is 25.2 Å². The van der Waals surface area contributed by atoms with Crippen LogP contribution in [0.5, 0.6) is 5.88 Å².